The molecular formula is C20H25ClN6O2. The molecule has 0 spiro atoms. The molecule has 8 nitrogen and oxygen atoms in total. The Morgan fingerprint density at radius 3 is 2.83 bits per heavy atom. The van der Waals surface area contributed by atoms with Crippen molar-refractivity contribution in [2.45, 2.75) is 26.4 Å². The average molecular weight is 417 g/mol. The number of aliphatic imine (C=N–C) groups is 1. The standard InChI is InChI=1S/C20H25ClN6O2/c1-3-22-20(24-13-14(2)29-16-8-6-15(21)7-9-16)23-11-10-18-25-19(27-26-18)17-5-4-12-28-17/h4-9,12,14H,3,10-11,13H2,1-2H3,(H2,22,23,24)(H,25,26,27). The van der Waals surface area contributed by atoms with E-state index >= 15 is 0 Å². The van der Waals surface area contributed by atoms with Gasteiger partial charge in [-0.05, 0) is 50.2 Å². The molecule has 0 fully saturated rings. The molecule has 3 rings (SSSR count). The van der Waals surface area contributed by atoms with Gasteiger partial charge in [0.1, 0.15) is 17.7 Å². The Morgan fingerprint density at radius 2 is 2.10 bits per heavy atom. The van der Waals surface area contributed by atoms with Crippen LogP contribution in [0.4, 0.5) is 0 Å². The minimum Gasteiger partial charge on any atom is -0.489 e. The van der Waals surface area contributed by atoms with E-state index in [1.54, 1.807) is 18.4 Å². The molecule has 2 heterocycles. The van der Waals surface area contributed by atoms with Gasteiger partial charge in [-0.1, -0.05) is 11.6 Å². The van der Waals surface area contributed by atoms with Gasteiger partial charge in [0.05, 0.1) is 12.8 Å². The number of aromatic nitrogens is 3. The van der Waals surface area contributed by atoms with Crippen molar-refractivity contribution in [3.05, 3.63) is 53.5 Å². The minimum absolute atomic E-state index is 0.0724. The second-order valence-corrected chi connectivity index (χ2v) is 6.80. The van der Waals surface area contributed by atoms with Crippen LogP contribution in [0.25, 0.3) is 11.6 Å². The van der Waals surface area contributed by atoms with E-state index < -0.39 is 0 Å². The molecule has 0 bridgehead atoms. The first-order chi connectivity index (χ1) is 14.1. The van der Waals surface area contributed by atoms with E-state index in [0.717, 1.165) is 24.1 Å². The fourth-order valence-electron chi connectivity index (χ4n) is 2.57. The largest absolute Gasteiger partial charge is 0.489 e. The molecule has 3 N–H and O–H groups in total. The molecule has 0 aliphatic carbocycles. The summed E-state index contributed by atoms with van der Waals surface area (Å²) in [5.74, 6) is 3.47. The molecule has 0 saturated carbocycles. The molecule has 1 unspecified atom stereocenters. The summed E-state index contributed by atoms with van der Waals surface area (Å²) in [6.07, 6.45) is 2.20. The van der Waals surface area contributed by atoms with Crippen molar-refractivity contribution < 1.29 is 9.15 Å². The van der Waals surface area contributed by atoms with Crippen LogP contribution < -0.4 is 15.4 Å². The van der Waals surface area contributed by atoms with Gasteiger partial charge >= 0.3 is 0 Å². The number of nitrogens with zero attached hydrogens (tertiary/aromatic N) is 3. The molecule has 9 heteroatoms. The fraction of sp³-hybridized carbons (Fsp3) is 0.350. The van der Waals surface area contributed by atoms with Crippen molar-refractivity contribution in [3.63, 3.8) is 0 Å². The van der Waals surface area contributed by atoms with Crippen LogP contribution in [-0.4, -0.2) is 46.9 Å². The lowest BCUT2D eigenvalue weighted by Gasteiger charge is -2.15. The fourth-order valence-corrected chi connectivity index (χ4v) is 2.69. The van der Waals surface area contributed by atoms with Gasteiger partial charge < -0.3 is 19.8 Å². The molecule has 0 aliphatic heterocycles. The molecular weight excluding hydrogens is 392 g/mol. The van der Waals surface area contributed by atoms with Gasteiger partial charge in [-0.25, -0.2) is 9.98 Å². The summed E-state index contributed by atoms with van der Waals surface area (Å²) in [6.45, 7) is 5.94. The van der Waals surface area contributed by atoms with Gasteiger partial charge in [0.2, 0.25) is 5.82 Å². The van der Waals surface area contributed by atoms with Crippen LogP contribution >= 0.6 is 11.6 Å². The van der Waals surface area contributed by atoms with Crippen LogP contribution in [0.1, 0.15) is 19.7 Å². The Balaban J connectivity index is 1.46. The van der Waals surface area contributed by atoms with Gasteiger partial charge in [0.25, 0.3) is 0 Å². The zero-order valence-corrected chi connectivity index (χ0v) is 17.2. The second-order valence-electron chi connectivity index (χ2n) is 6.36. The normalized spacial score (nSPS) is 12.6. The van der Waals surface area contributed by atoms with Gasteiger partial charge in [-0.2, -0.15) is 5.10 Å². The number of benzene rings is 1. The number of aromatic amines is 1. The second kappa shape index (κ2) is 10.5. The predicted octanol–water partition coefficient (Wildman–Crippen LogP) is 3.28. The monoisotopic (exact) mass is 416 g/mol. The van der Waals surface area contributed by atoms with Crippen LogP contribution in [0.3, 0.4) is 0 Å². The quantitative estimate of drug-likeness (QED) is 0.365. The van der Waals surface area contributed by atoms with E-state index in [1.165, 1.54) is 0 Å². The maximum absolute atomic E-state index is 5.90. The van der Waals surface area contributed by atoms with Gasteiger partial charge in [-0.15, -0.1) is 0 Å². The van der Waals surface area contributed by atoms with Crippen LogP contribution in [-0.2, 0) is 6.42 Å². The summed E-state index contributed by atoms with van der Waals surface area (Å²) in [7, 11) is 0. The number of ether oxygens (including phenoxy) is 1. The summed E-state index contributed by atoms with van der Waals surface area (Å²) in [5, 5.41) is 14.3. The van der Waals surface area contributed by atoms with Crippen molar-refractivity contribution in [3.8, 4) is 17.3 Å². The maximum Gasteiger partial charge on any atom is 0.216 e. The third-order valence-electron chi connectivity index (χ3n) is 3.93. The molecule has 0 radical (unpaired) electrons. The van der Waals surface area contributed by atoms with E-state index in [0.29, 0.717) is 36.1 Å². The SMILES string of the molecule is CCNC(=NCC(C)Oc1ccc(Cl)cc1)NCCc1nc(-c2ccco2)n[nH]1. The Labute approximate surface area is 174 Å². The van der Waals surface area contributed by atoms with Crippen LogP contribution in [0, 0.1) is 0 Å². The lowest BCUT2D eigenvalue weighted by molar-refractivity contribution is 0.230. The van der Waals surface area contributed by atoms with Gasteiger partial charge in [-0.3, -0.25) is 5.10 Å². The lowest BCUT2D eigenvalue weighted by atomic mass is 10.3. The molecule has 1 atom stereocenters. The number of hydrogen-bond acceptors (Lipinski definition) is 5. The topological polar surface area (TPSA) is 100 Å². The summed E-state index contributed by atoms with van der Waals surface area (Å²) in [5.41, 5.74) is 0. The minimum atomic E-state index is -0.0724. The van der Waals surface area contributed by atoms with Gasteiger partial charge in [0.15, 0.2) is 11.7 Å². The summed E-state index contributed by atoms with van der Waals surface area (Å²) < 4.78 is 11.2. The van der Waals surface area contributed by atoms with E-state index in [4.69, 9.17) is 20.8 Å². The van der Waals surface area contributed by atoms with Crippen molar-refractivity contribution in [2.75, 3.05) is 19.6 Å². The molecule has 0 amide bonds. The van der Waals surface area contributed by atoms with E-state index in [1.807, 2.05) is 38.1 Å². The summed E-state index contributed by atoms with van der Waals surface area (Å²) >= 11 is 5.90. The van der Waals surface area contributed by atoms with Crippen LogP contribution in [0.5, 0.6) is 5.75 Å². The first-order valence-corrected chi connectivity index (χ1v) is 9.91. The summed E-state index contributed by atoms with van der Waals surface area (Å²) in [6, 6.07) is 10.9. The van der Waals surface area contributed by atoms with Crippen LogP contribution in [0.15, 0.2) is 52.1 Å². The molecule has 2 aromatic heterocycles. The first-order valence-electron chi connectivity index (χ1n) is 9.53. The number of rotatable bonds is 9. The molecule has 29 heavy (non-hydrogen) atoms. The Morgan fingerprint density at radius 1 is 1.28 bits per heavy atom. The van der Waals surface area contributed by atoms with Crippen LogP contribution in [0.2, 0.25) is 5.02 Å². The number of guanidine groups is 1. The highest BCUT2D eigenvalue weighted by Gasteiger charge is 2.09. The maximum atomic E-state index is 5.90. The highest BCUT2D eigenvalue weighted by atomic mass is 35.5. The molecule has 3 aromatic rings. The first kappa shape index (κ1) is 20.7. The molecule has 154 valence electrons. The van der Waals surface area contributed by atoms with Crippen molar-refractivity contribution in [1.29, 1.82) is 0 Å². The zero-order chi connectivity index (χ0) is 20.5. The van der Waals surface area contributed by atoms with E-state index in [9.17, 15) is 0 Å². The third-order valence-corrected chi connectivity index (χ3v) is 4.18. The van der Waals surface area contributed by atoms with E-state index in [2.05, 4.69) is 30.8 Å². The predicted molar refractivity (Wildman–Crippen MR) is 113 cm³/mol. The van der Waals surface area contributed by atoms with Crippen molar-refractivity contribution in [2.24, 2.45) is 4.99 Å². The van der Waals surface area contributed by atoms with Gasteiger partial charge in [0, 0.05) is 24.5 Å². The Hall–Kier alpha value is -3.00. The number of furan rings is 1. The smallest absolute Gasteiger partial charge is 0.216 e. The van der Waals surface area contributed by atoms with Crippen molar-refractivity contribution >= 4 is 17.6 Å². The van der Waals surface area contributed by atoms with E-state index in [-0.39, 0.29) is 6.10 Å². The molecule has 1 aromatic carbocycles. The molecule has 0 aliphatic rings. The van der Waals surface area contributed by atoms with Crippen molar-refractivity contribution in [1.82, 2.24) is 25.8 Å². The third kappa shape index (κ3) is 6.53. The highest BCUT2D eigenvalue weighted by Crippen LogP contribution is 2.17. The summed E-state index contributed by atoms with van der Waals surface area (Å²) in [4.78, 5) is 9.02. The lowest BCUT2D eigenvalue weighted by Crippen LogP contribution is -2.39. The highest BCUT2D eigenvalue weighted by molar-refractivity contribution is 6.30. The number of hydrogen-bond donors (Lipinski definition) is 3. The number of nitrogens with one attached hydrogen (secondary N) is 3. The molecule has 0 saturated heterocycles. The number of halogens is 1. The average Bonchev–Trinajstić information content (AvgIpc) is 3.39. The zero-order valence-electron chi connectivity index (χ0n) is 16.5. The number of H-pyrrole nitrogens is 1. The Bertz CT molecular complexity index is 892. The Kier molecular flexibility index (Phi) is 7.52.